The van der Waals surface area contributed by atoms with Gasteiger partial charge >= 0.3 is 0 Å². The van der Waals surface area contributed by atoms with Crippen molar-refractivity contribution in [3.05, 3.63) is 22.2 Å². The Morgan fingerprint density at radius 1 is 1.32 bits per heavy atom. The maximum absolute atomic E-state index is 12.0. The van der Waals surface area contributed by atoms with E-state index < -0.39 is 11.7 Å². The first-order valence-corrected chi connectivity index (χ1v) is 6.59. The third-order valence-corrected chi connectivity index (χ3v) is 2.81. The van der Waals surface area contributed by atoms with Crippen LogP contribution < -0.4 is 11.1 Å². The number of carbonyl (C=O) groups is 1. The van der Waals surface area contributed by atoms with Crippen molar-refractivity contribution in [2.75, 3.05) is 11.1 Å². The molecule has 19 heavy (non-hydrogen) atoms. The second kappa shape index (κ2) is 5.99. The van der Waals surface area contributed by atoms with Crippen LogP contribution in [0.3, 0.4) is 0 Å². The number of benzene rings is 1. The summed E-state index contributed by atoms with van der Waals surface area (Å²) in [5, 5.41) is 3.23. The lowest BCUT2D eigenvalue weighted by Crippen LogP contribution is -2.34. The second-order valence-corrected chi connectivity index (χ2v) is 6.04. The summed E-state index contributed by atoms with van der Waals surface area (Å²) < 4.78 is 5.55. The molecule has 1 atom stereocenters. The number of carbonyl (C=O) groups excluding carboxylic acids is 1. The zero-order valence-electron chi connectivity index (χ0n) is 11.4. The van der Waals surface area contributed by atoms with Crippen LogP contribution in [0.15, 0.2) is 12.1 Å². The van der Waals surface area contributed by atoms with Crippen molar-refractivity contribution in [1.29, 1.82) is 0 Å². The normalized spacial score (nSPS) is 13.2. The molecule has 1 unspecified atom stereocenters. The Morgan fingerprint density at radius 2 is 1.79 bits per heavy atom. The highest BCUT2D eigenvalue weighted by Crippen LogP contribution is 2.33. The smallest absolute Gasteiger partial charge is 0.253 e. The molecule has 1 aromatic rings. The second-order valence-electron chi connectivity index (χ2n) is 5.22. The van der Waals surface area contributed by atoms with Gasteiger partial charge in [0.05, 0.1) is 21.3 Å². The van der Waals surface area contributed by atoms with E-state index in [9.17, 15) is 4.79 Å². The molecule has 0 aromatic heterocycles. The predicted molar refractivity (Wildman–Crippen MR) is 79.8 cm³/mol. The summed E-state index contributed by atoms with van der Waals surface area (Å²) >= 11 is 12.0. The maximum Gasteiger partial charge on any atom is 0.253 e. The first-order chi connectivity index (χ1) is 8.60. The molecule has 0 aliphatic heterocycles. The van der Waals surface area contributed by atoms with Crippen molar-refractivity contribution in [2.45, 2.75) is 39.4 Å². The number of hydrogen-bond donors (Lipinski definition) is 2. The van der Waals surface area contributed by atoms with Crippen LogP contribution in [-0.2, 0) is 9.53 Å². The number of nitrogens with one attached hydrogen (secondary N) is 1. The van der Waals surface area contributed by atoms with Gasteiger partial charge in [0.1, 0.15) is 6.10 Å². The van der Waals surface area contributed by atoms with E-state index in [2.05, 4.69) is 5.32 Å². The molecule has 0 aliphatic rings. The van der Waals surface area contributed by atoms with E-state index in [4.69, 9.17) is 33.7 Å². The van der Waals surface area contributed by atoms with Crippen LogP contribution in [0.25, 0.3) is 0 Å². The summed E-state index contributed by atoms with van der Waals surface area (Å²) in [4.78, 5) is 12.0. The third-order valence-electron chi connectivity index (χ3n) is 2.21. The molecular weight excluding hydrogens is 287 g/mol. The average Bonchev–Trinajstić information content (AvgIpc) is 2.20. The molecule has 4 nitrogen and oxygen atoms in total. The van der Waals surface area contributed by atoms with Gasteiger partial charge in [0, 0.05) is 5.69 Å². The van der Waals surface area contributed by atoms with E-state index in [-0.39, 0.29) is 5.91 Å². The highest BCUT2D eigenvalue weighted by Gasteiger charge is 2.22. The van der Waals surface area contributed by atoms with Crippen molar-refractivity contribution >= 4 is 40.5 Å². The Kier molecular flexibility index (Phi) is 5.07. The lowest BCUT2D eigenvalue weighted by Gasteiger charge is -2.24. The Morgan fingerprint density at radius 3 is 2.21 bits per heavy atom. The predicted octanol–water partition coefficient (Wildman–Crippen LogP) is 3.72. The molecular formula is C13H18Cl2N2O2. The molecule has 106 valence electrons. The molecule has 1 aromatic carbocycles. The number of ether oxygens (including phenoxy) is 1. The molecule has 1 rings (SSSR count). The van der Waals surface area contributed by atoms with Crippen LogP contribution in [0.5, 0.6) is 0 Å². The Hall–Kier alpha value is -0.970. The van der Waals surface area contributed by atoms with Gasteiger partial charge in [-0.05, 0) is 39.8 Å². The fourth-order valence-corrected chi connectivity index (χ4v) is 2.12. The van der Waals surface area contributed by atoms with Gasteiger partial charge in [-0.2, -0.15) is 0 Å². The lowest BCUT2D eigenvalue weighted by molar-refractivity contribution is -0.135. The average molecular weight is 305 g/mol. The SMILES string of the molecule is CC(OC(C)(C)C)C(=O)Nc1c(Cl)cc(N)cc1Cl. The van der Waals surface area contributed by atoms with Crippen molar-refractivity contribution in [1.82, 2.24) is 0 Å². The number of amides is 1. The number of halogens is 2. The summed E-state index contributed by atoms with van der Waals surface area (Å²) in [5.74, 6) is -0.316. The van der Waals surface area contributed by atoms with E-state index in [1.165, 1.54) is 12.1 Å². The van der Waals surface area contributed by atoms with Crippen molar-refractivity contribution in [3.63, 3.8) is 0 Å². The van der Waals surface area contributed by atoms with Crippen molar-refractivity contribution in [3.8, 4) is 0 Å². The zero-order valence-corrected chi connectivity index (χ0v) is 12.9. The highest BCUT2D eigenvalue weighted by molar-refractivity contribution is 6.40. The van der Waals surface area contributed by atoms with Gasteiger partial charge in [-0.15, -0.1) is 0 Å². The molecule has 6 heteroatoms. The first kappa shape index (κ1) is 16.1. The molecule has 3 N–H and O–H groups in total. The molecule has 0 bridgehead atoms. The van der Waals surface area contributed by atoms with E-state index in [1.807, 2.05) is 20.8 Å². The fraction of sp³-hybridized carbons (Fsp3) is 0.462. The Balaban J connectivity index is 2.83. The minimum Gasteiger partial charge on any atom is -0.399 e. The molecule has 0 radical (unpaired) electrons. The van der Waals surface area contributed by atoms with Gasteiger partial charge in [-0.3, -0.25) is 4.79 Å². The minimum absolute atomic E-state index is 0.293. The van der Waals surface area contributed by atoms with E-state index >= 15 is 0 Å². The molecule has 0 aliphatic carbocycles. The van der Waals surface area contributed by atoms with E-state index in [0.29, 0.717) is 21.4 Å². The number of rotatable bonds is 3. The van der Waals surface area contributed by atoms with E-state index in [0.717, 1.165) is 0 Å². The largest absolute Gasteiger partial charge is 0.399 e. The zero-order chi connectivity index (χ0) is 14.8. The number of hydrogen-bond acceptors (Lipinski definition) is 3. The summed E-state index contributed by atoms with van der Waals surface area (Å²) in [6, 6.07) is 3.05. The monoisotopic (exact) mass is 304 g/mol. The fourth-order valence-electron chi connectivity index (χ4n) is 1.52. The third kappa shape index (κ3) is 4.90. The van der Waals surface area contributed by atoms with Gasteiger partial charge in [-0.25, -0.2) is 0 Å². The van der Waals surface area contributed by atoms with Crippen LogP contribution in [0.2, 0.25) is 10.0 Å². The molecule has 0 fully saturated rings. The van der Waals surface area contributed by atoms with Crippen LogP contribution in [0.1, 0.15) is 27.7 Å². The van der Waals surface area contributed by atoms with E-state index in [1.54, 1.807) is 6.92 Å². The van der Waals surface area contributed by atoms with Gasteiger partial charge in [-0.1, -0.05) is 23.2 Å². The van der Waals surface area contributed by atoms with Crippen molar-refractivity contribution in [2.24, 2.45) is 0 Å². The first-order valence-electron chi connectivity index (χ1n) is 5.83. The van der Waals surface area contributed by atoms with Gasteiger partial charge in [0.2, 0.25) is 0 Å². The molecule has 0 heterocycles. The highest BCUT2D eigenvalue weighted by atomic mass is 35.5. The van der Waals surface area contributed by atoms with Crippen LogP contribution in [0.4, 0.5) is 11.4 Å². The number of nitrogens with two attached hydrogens (primary N) is 1. The lowest BCUT2D eigenvalue weighted by atomic mass is 10.2. The number of anilines is 2. The quantitative estimate of drug-likeness (QED) is 0.837. The molecule has 0 saturated heterocycles. The number of nitrogen functional groups attached to an aromatic ring is 1. The van der Waals surface area contributed by atoms with Crippen molar-refractivity contribution < 1.29 is 9.53 Å². The van der Waals surface area contributed by atoms with Gasteiger partial charge in [0.25, 0.3) is 5.91 Å². The van der Waals surface area contributed by atoms with Crippen LogP contribution in [0, 0.1) is 0 Å². The molecule has 0 spiro atoms. The minimum atomic E-state index is -0.621. The summed E-state index contributed by atoms with van der Waals surface area (Å²) in [6.07, 6.45) is -0.621. The molecule has 1 amide bonds. The standard InChI is InChI=1S/C13H18Cl2N2O2/c1-7(19-13(2,3)4)12(18)17-11-9(14)5-8(16)6-10(11)15/h5-7H,16H2,1-4H3,(H,17,18). The molecule has 0 saturated carbocycles. The van der Waals surface area contributed by atoms with Crippen LogP contribution >= 0.6 is 23.2 Å². The van der Waals surface area contributed by atoms with Gasteiger partial charge < -0.3 is 15.8 Å². The maximum atomic E-state index is 12.0. The van der Waals surface area contributed by atoms with Crippen LogP contribution in [-0.4, -0.2) is 17.6 Å². The Labute approximate surface area is 123 Å². The topological polar surface area (TPSA) is 64.3 Å². The van der Waals surface area contributed by atoms with Gasteiger partial charge in [0.15, 0.2) is 0 Å². The summed E-state index contributed by atoms with van der Waals surface area (Å²) in [7, 11) is 0. The summed E-state index contributed by atoms with van der Waals surface area (Å²) in [6.45, 7) is 7.29. The summed E-state index contributed by atoms with van der Waals surface area (Å²) in [5.41, 5.74) is 5.96. The Bertz CT molecular complexity index is 461.